The van der Waals surface area contributed by atoms with Gasteiger partial charge >= 0.3 is 5.00 Å². The molecular weight excluding hydrogens is 280 g/mol. The summed E-state index contributed by atoms with van der Waals surface area (Å²) >= 11 is 0.931. The lowest BCUT2D eigenvalue weighted by atomic mass is 10.2. The molecule has 0 atom stereocenters. The molecule has 0 radical (unpaired) electrons. The number of carbonyl (C=O) groups excluding carboxylic acids is 1. The molecule has 0 aliphatic heterocycles. The maximum Gasteiger partial charge on any atom is 0.324 e. The summed E-state index contributed by atoms with van der Waals surface area (Å²) in [6.45, 7) is 0.298. The molecule has 20 heavy (non-hydrogen) atoms. The summed E-state index contributed by atoms with van der Waals surface area (Å²) in [5.74, 6) is 0.337. The van der Waals surface area contributed by atoms with E-state index in [1.807, 2.05) is 18.2 Å². The second-order valence-electron chi connectivity index (χ2n) is 3.93. The van der Waals surface area contributed by atoms with Crippen LogP contribution in [0.25, 0.3) is 0 Å². The Morgan fingerprint density at radius 3 is 2.85 bits per heavy atom. The molecule has 0 saturated heterocycles. The maximum atomic E-state index is 11.9. The predicted octanol–water partition coefficient (Wildman–Crippen LogP) is 2.59. The Bertz CT molecular complexity index is 639. The molecule has 1 aromatic carbocycles. The minimum Gasteiger partial charge on any atom is -0.496 e. The van der Waals surface area contributed by atoms with Gasteiger partial charge in [0.05, 0.1) is 17.6 Å². The van der Waals surface area contributed by atoms with Crippen molar-refractivity contribution in [3.05, 3.63) is 57.0 Å². The molecule has 2 aromatic rings. The van der Waals surface area contributed by atoms with Crippen molar-refractivity contribution >= 4 is 22.2 Å². The first-order valence-corrected chi connectivity index (χ1v) is 6.63. The molecule has 6 nitrogen and oxygen atoms in total. The molecule has 7 heteroatoms. The van der Waals surface area contributed by atoms with E-state index in [1.54, 1.807) is 13.2 Å². The third kappa shape index (κ3) is 3.12. The largest absolute Gasteiger partial charge is 0.496 e. The third-order valence-electron chi connectivity index (χ3n) is 2.66. The van der Waals surface area contributed by atoms with Gasteiger partial charge in [-0.3, -0.25) is 14.9 Å². The SMILES string of the molecule is COc1ccccc1CNC(=O)c1csc([N+](=O)[O-])c1. The number of amides is 1. The summed E-state index contributed by atoms with van der Waals surface area (Å²) in [4.78, 5) is 21.9. The van der Waals surface area contributed by atoms with Crippen LogP contribution in [0.1, 0.15) is 15.9 Å². The van der Waals surface area contributed by atoms with E-state index in [4.69, 9.17) is 4.74 Å². The topological polar surface area (TPSA) is 81.5 Å². The van der Waals surface area contributed by atoms with E-state index in [0.717, 1.165) is 16.9 Å². The van der Waals surface area contributed by atoms with E-state index in [-0.39, 0.29) is 16.5 Å². The lowest BCUT2D eigenvalue weighted by Gasteiger charge is -2.08. The fourth-order valence-electron chi connectivity index (χ4n) is 1.67. The van der Waals surface area contributed by atoms with Gasteiger partial charge in [-0.15, -0.1) is 0 Å². The van der Waals surface area contributed by atoms with Gasteiger partial charge in [-0.1, -0.05) is 29.5 Å². The van der Waals surface area contributed by atoms with E-state index in [2.05, 4.69) is 5.32 Å². The summed E-state index contributed by atoms with van der Waals surface area (Å²) in [6.07, 6.45) is 0. The molecule has 2 rings (SSSR count). The zero-order valence-electron chi connectivity index (χ0n) is 10.7. The first kappa shape index (κ1) is 14.0. The first-order chi connectivity index (χ1) is 9.61. The number of rotatable bonds is 5. The van der Waals surface area contributed by atoms with Crippen LogP contribution in [-0.4, -0.2) is 17.9 Å². The summed E-state index contributed by atoms with van der Waals surface area (Å²) in [6, 6.07) is 8.60. The Balaban J connectivity index is 2.03. The van der Waals surface area contributed by atoms with Crippen molar-refractivity contribution in [2.24, 2.45) is 0 Å². The van der Waals surface area contributed by atoms with Gasteiger partial charge in [-0.2, -0.15) is 0 Å². The number of ether oxygens (including phenoxy) is 1. The lowest BCUT2D eigenvalue weighted by molar-refractivity contribution is -0.380. The highest BCUT2D eigenvalue weighted by Gasteiger charge is 2.15. The van der Waals surface area contributed by atoms with Gasteiger partial charge in [0.2, 0.25) is 0 Å². The Labute approximate surface area is 119 Å². The Hall–Kier alpha value is -2.41. The van der Waals surface area contributed by atoms with Gasteiger partial charge in [0.15, 0.2) is 0 Å². The van der Waals surface area contributed by atoms with Crippen molar-refractivity contribution in [2.45, 2.75) is 6.54 Å². The number of nitrogens with one attached hydrogen (secondary N) is 1. The van der Waals surface area contributed by atoms with E-state index in [9.17, 15) is 14.9 Å². The molecule has 0 aliphatic carbocycles. The van der Waals surface area contributed by atoms with Crippen molar-refractivity contribution < 1.29 is 14.5 Å². The zero-order chi connectivity index (χ0) is 14.5. The van der Waals surface area contributed by atoms with E-state index in [1.165, 1.54) is 11.4 Å². The molecule has 0 unspecified atom stereocenters. The summed E-state index contributed by atoms with van der Waals surface area (Å²) in [5.41, 5.74) is 1.13. The fraction of sp³-hybridized carbons (Fsp3) is 0.154. The molecule has 0 bridgehead atoms. The van der Waals surface area contributed by atoms with Gasteiger partial charge in [-0.25, -0.2) is 0 Å². The van der Waals surface area contributed by atoms with Crippen LogP contribution in [0.4, 0.5) is 5.00 Å². The van der Waals surface area contributed by atoms with Gasteiger partial charge < -0.3 is 10.1 Å². The van der Waals surface area contributed by atoms with Crippen LogP contribution in [0.2, 0.25) is 0 Å². The monoisotopic (exact) mass is 292 g/mol. The number of methoxy groups -OCH3 is 1. The molecule has 1 N–H and O–H groups in total. The van der Waals surface area contributed by atoms with Crippen LogP contribution in [0.3, 0.4) is 0 Å². The number of nitrogens with zero attached hydrogens (tertiary/aromatic N) is 1. The quantitative estimate of drug-likeness (QED) is 0.678. The minimum atomic E-state index is -0.512. The second kappa shape index (κ2) is 6.16. The van der Waals surface area contributed by atoms with Crippen molar-refractivity contribution in [3.63, 3.8) is 0 Å². The number of nitro groups is 1. The van der Waals surface area contributed by atoms with Gasteiger partial charge in [0.25, 0.3) is 5.91 Å². The van der Waals surface area contributed by atoms with Gasteiger partial charge in [0.1, 0.15) is 5.75 Å². The molecule has 0 saturated carbocycles. The van der Waals surface area contributed by atoms with Crippen LogP contribution >= 0.6 is 11.3 Å². The van der Waals surface area contributed by atoms with Crippen LogP contribution in [0.5, 0.6) is 5.75 Å². The number of benzene rings is 1. The highest BCUT2D eigenvalue weighted by molar-refractivity contribution is 7.13. The predicted molar refractivity (Wildman–Crippen MR) is 75.1 cm³/mol. The average molecular weight is 292 g/mol. The third-order valence-corrected chi connectivity index (χ3v) is 3.54. The summed E-state index contributed by atoms with van der Waals surface area (Å²) in [7, 11) is 1.56. The van der Waals surface area contributed by atoms with E-state index in [0.29, 0.717) is 12.3 Å². The molecule has 0 fully saturated rings. The molecule has 1 amide bonds. The van der Waals surface area contributed by atoms with Crippen LogP contribution < -0.4 is 10.1 Å². The van der Waals surface area contributed by atoms with Crippen LogP contribution in [0, 0.1) is 10.1 Å². The second-order valence-corrected chi connectivity index (χ2v) is 4.81. The first-order valence-electron chi connectivity index (χ1n) is 5.75. The summed E-state index contributed by atoms with van der Waals surface area (Å²) in [5, 5.41) is 14.7. The van der Waals surface area contributed by atoms with Crippen molar-refractivity contribution in [2.75, 3.05) is 7.11 Å². The van der Waals surface area contributed by atoms with Crippen LogP contribution in [0.15, 0.2) is 35.7 Å². The zero-order valence-corrected chi connectivity index (χ0v) is 11.5. The van der Waals surface area contributed by atoms with Gasteiger partial charge in [-0.05, 0) is 6.07 Å². The molecule has 1 aromatic heterocycles. The van der Waals surface area contributed by atoms with Crippen LogP contribution in [-0.2, 0) is 6.54 Å². The number of carbonyl (C=O) groups is 1. The number of thiophene rings is 1. The maximum absolute atomic E-state index is 11.9. The normalized spacial score (nSPS) is 10.1. The lowest BCUT2D eigenvalue weighted by Crippen LogP contribution is -2.22. The van der Waals surface area contributed by atoms with Crippen molar-refractivity contribution in [1.29, 1.82) is 0 Å². The van der Waals surface area contributed by atoms with E-state index < -0.39 is 4.92 Å². The number of hydrogen-bond donors (Lipinski definition) is 1. The Morgan fingerprint density at radius 1 is 1.45 bits per heavy atom. The molecule has 1 heterocycles. The van der Waals surface area contributed by atoms with E-state index >= 15 is 0 Å². The van der Waals surface area contributed by atoms with Gasteiger partial charge in [0, 0.05) is 23.6 Å². The Kier molecular flexibility index (Phi) is 4.31. The number of para-hydroxylation sites is 1. The molecular formula is C13H12N2O4S. The molecule has 104 valence electrons. The smallest absolute Gasteiger partial charge is 0.324 e. The average Bonchev–Trinajstić information content (AvgIpc) is 2.95. The highest BCUT2D eigenvalue weighted by Crippen LogP contribution is 2.22. The highest BCUT2D eigenvalue weighted by atomic mass is 32.1. The molecule has 0 aliphatic rings. The molecule has 0 spiro atoms. The Morgan fingerprint density at radius 2 is 2.20 bits per heavy atom. The minimum absolute atomic E-state index is 0.0487. The summed E-state index contributed by atoms with van der Waals surface area (Å²) < 4.78 is 5.18. The standard InChI is InChI=1S/C13H12N2O4S/c1-19-11-5-3-2-4-9(11)7-14-13(16)10-6-12(15(17)18)20-8-10/h2-6,8H,7H2,1H3,(H,14,16). The van der Waals surface area contributed by atoms with Crippen molar-refractivity contribution in [3.8, 4) is 5.75 Å². The fourth-order valence-corrected chi connectivity index (χ4v) is 2.37. The van der Waals surface area contributed by atoms with Crippen molar-refractivity contribution in [1.82, 2.24) is 5.32 Å². The number of hydrogen-bond acceptors (Lipinski definition) is 5.